The number of hydrogen-bond acceptors (Lipinski definition) is 4. The molecule has 5 rings (SSSR count). The third kappa shape index (κ3) is 3.34. The van der Waals surface area contributed by atoms with Crippen molar-refractivity contribution in [3.05, 3.63) is 70.7 Å². The molecular formula is C23H19Cl2FN4O. The van der Waals surface area contributed by atoms with Gasteiger partial charge in [0, 0.05) is 23.9 Å². The van der Waals surface area contributed by atoms with E-state index in [1.165, 1.54) is 24.5 Å². The lowest BCUT2D eigenvalue weighted by molar-refractivity contribution is -0.127. The third-order valence-electron chi connectivity index (χ3n) is 6.44. The van der Waals surface area contributed by atoms with Crippen LogP contribution in [0, 0.1) is 11.7 Å². The summed E-state index contributed by atoms with van der Waals surface area (Å²) in [5, 5.41) is 3.81. The first-order valence-corrected chi connectivity index (χ1v) is 10.8. The predicted molar refractivity (Wildman–Crippen MR) is 120 cm³/mol. The Labute approximate surface area is 188 Å². The van der Waals surface area contributed by atoms with E-state index in [1.54, 1.807) is 0 Å². The van der Waals surface area contributed by atoms with Gasteiger partial charge in [0.15, 0.2) is 5.82 Å². The summed E-state index contributed by atoms with van der Waals surface area (Å²) in [4.78, 5) is 22.7. The number of nitrogens with one attached hydrogen (secondary N) is 1. The smallest absolute Gasteiger partial charge is 0.245 e. The van der Waals surface area contributed by atoms with Crippen molar-refractivity contribution in [2.75, 3.05) is 18.4 Å². The average Bonchev–Trinajstić information content (AvgIpc) is 3.54. The molecule has 2 atom stereocenters. The lowest BCUT2D eigenvalue weighted by Crippen LogP contribution is -2.41. The van der Waals surface area contributed by atoms with Gasteiger partial charge in [0.1, 0.15) is 12.1 Å². The van der Waals surface area contributed by atoms with E-state index in [2.05, 4.69) is 34.0 Å². The zero-order valence-corrected chi connectivity index (χ0v) is 18.0. The fraction of sp³-hybridized carbons (Fsp3) is 0.261. The molecule has 1 aliphatic heterocycles. The maximum absolute atomic E-state index is 14.6. The molecular weight excluding hydrogens is 438 g/mol. The van der Waals surface area contributed by atoms with Gasteiger partial charge < -0.3 is 10.2 Å². The van der Waals surface area contributed by atoms with Crippen LogP contribution in [0.1, 0.15) is 18.4 Å². The number of fused-ring (bicyclic) bond motifs is 2. The van der Waals surface area contributed by atoms with Crippen molar-refractivity contribution in [2.45, 2.75) is 18.3 Å². The average molecular weight is 457 g/mol. The first-order chi connectivity index (χ1) is 14.9. The van der Waals surface area contributed by atoms with E-state index >= 15 is 0 Å². The second-order valence-corrected chi connectivity index (χ2v) is 8.90. The number of benzene rings is 2. The van der Waals surface area contributed by atoms with Crippen LogP contribution in [-0.4, -0.2) is 33.9 Å². The van der Waals surface area contributed by atoms with Crippen molar-refractivity contribution in [1.29, 1.82) is 0 Å². The lowest BCUT2D eigenvalue weighted by Gasteiger charge is -2.32. The Bertz CT molecular complexity index is 1230. The lowest BCUT2D eigenvalue weighted by atomic mass is 9.88. The Morgan fingerprint density at radius 1 is 1.29 bits per heavy atom. The summed E-state index contributed by atoms with van der Waals surface area (Å²) in [5.74, 6) is 0.357. The van der Waals surface area contributed by atoms with Crippen LogP contribution in [0.5, 0.6) is 0 Å². The highest BCUT2D eigenvalue weighted by Gasteiger charge is 2.58. The molecule has 1 aliphatic carbocycles. The number of halogens is 3. The third-order valence-corrected chi connectivity index (χ3v) is 7.22. The van der Waals surface area contributed by atoms with Crippen molar-refractivity contribution in [2.24, 2.45) is 5.92 Å². The van der Waals surface area contributed by atoms with E-state index in [9.17, 15) is 9.18 Å². The van der Waals surface area contributed by atoms with Crippen LogP contribution in [0.15, 0.2) is 49.3 Å². The molecule has 2 heterocycles. The highest BCUT2D eigenvalue weighted by Crippen LogP contribution is 2.59. The summed E-state index contributed by atoms with van der Waals surface area (Å²) >= 11 is 11.8. The fourth-order valence-electron chi connectivity index (χ4n) is 4.66. The Kier molecular flexibility index (Phi) is 4.87. The molecule has 0 bridgehead atoms. The summed E-state index contributed by atoms with van der Waals surface area (Å²) in [5.41, 5.74) is 2.00. The molecule has 2 aliphatic rings. The highest BCUT2D eigenvalue weighted by molar-refractivity contribution is 6.42. The Hall–Kier alpha value is -2.70. The molecule has 3 aromatic rings. The number of aromatic nitrogens is 2. The molecule has 2 unspecified atom stereocenters. The van der Waals surface area contributed by atoms with E-state index in [1.807, 2.05) is 11.0 Å². The number of likely N-dealkylation sites (tertiary alicyclic amines) is 1. The van der Waals surface area contributed by atoms with Gasteiger partial charge in [-0.05, 0) is 54.7 Å². The van der Waals surface area contributed by atoms with Gasteiger partial charge in [0.2, 0.25) is 5.91 Å². The van der Waals surface area contributed by atoms with E-state index in [0.29, 0.717) is 18.3 Å². The summed E-state index contributed by atoms with van der Waals surface area (Å²) in [6.45, 7) is 5.05. The van der Waals surface area contributed by atoms with Gasteiger partial charge in [-0.1, -0.05) is 35.8 Å². The Morgan fingerprint density at radius 3 is 2.94 bits per heavy atom. The van der Waals surface area contributed by atoms with Gasteiger partial charge in [-0.3, -0.25) is 4.79 Å². The first kappa shape index (κ1) is 20.2. The zero-order valence-electron chi connectivity index (χ0n) is 16.5. The number of anilines is 2. The van der Waals surface area contributed by atoms with Crippen LogP contribution < -0.4 is 5.32 Å². The molecule has 31 heavy (non-hydrogen) atoms. The maximum Gasteiger partial charge on any atom is 0.245 e. The normalized spacial score (nSPS) is 22.2. The SMILES string of the molecule is C=CC(=O)N1CCC2CC2(c2ccc3ncnc(Nc4ccc(Cl)c(Cl)c4F)c3c2)C1. The van der Waals surface area contributed by atoms with Crippen LogP contribution in [-0.2, 0) is 10.2 Å². The summed E-state index contributed by atoms with van der Waals surface area (Å²) in [7, 11) is 0. The molecule has 1 saturated heterocycles. The number of carbonyl (C=O) groups excluding carboxylic acids is 1. The second kappa shape index (κ2) is 7.46. The minimum absolute atomic E-state index is 0.0358. The summed E-state index contributed by atoms with van der Waals surface area (Å²) < 4.78 is 14.6. The molecule has 2 aromatic carbocycles. The van der Waals surface area contributed by atoms with Crippen molar-refractivity contribution in [3.63, 3.8) is 0 Å². The number of carbonyl (C=O) groups is 1. The number of rotatable bonds is 4. The van der Waals surface area contributed by atoms with Crippen molar-refractivity contribution in [1.82, 2.24) is 14.9 Å². The molecule has 1 amide bonds. The topological polar surface area (TPSA) is 58.1 Å². The molecule has 1 aromatic heterocycles. The largest absolute Gasteiger partial charge is 0.338 e. The molecule has 2 fully saturated rings. The van der Waals surface area contributed by atoms with Crippen LogP contribution in [0.2, 0.25) is 10.0 Å². The number of piperidine rings is 1. The minimum atomic E-state index is -0.635. The summed E-state index contributed by atoms with van der Waals surface area (Å²) in [6, 6.07) is 9.12. The number of hydrogen-bond donors (Lipinski definition) is 1. The van der Waals surface area contributed by atoms with Gasteiger partial charge >= 0.3 is 0 Å². The quantitative estimate of drug-likeness (QED) is 0.416. The van der Waals surface area contributed by atoms with Crippen molar-refractivity contribution in [3.8, 4) is 0 Å². The second-order valence-electron chi connectivity index (χ2n) is 8.11. The molecule has 1 saturated carbocycles. The molecule has 0 radical (unpaired) electrons. The molecule has 8 heteroatoms. The zero-order chi connectivity index (χ0) is 21.8. The fourth-order valence-corrected chi connectivity index (χ4v) is 4.97. The summed E-state index contributed by atoms with van der Waals surface area (Å²) in [6.07, 6.45) is 4.82. The predicted octanol–water partition coefficient (Wildman–Crippen LogP) is 5.50. The van der Waals surface area contributed by atoms with E-state index in [-0.39, 0.29) is 27.1 Å². The standard InChI is InChI=1S/C23H19Cl2FN4O/c1-2-19(31)30-8-7-14-10-23(14,11-30)13-3-5-17-15(9-13)22(28-12-27-17)29-18-6-4-16(24)20(25)21(18)26/h2-6,9,12,14H,1,7-8,10-11H2,(H,27,28,29). The number of amides is 1. The Balaban J connectivity index is 1.53. The van der Waals surface area contributed by atoms with Crippen molar-refractivity contribution < 1.29 is 9.18 Å². The maximum atomic E-state index is 14.6. The highest BCUT2D eigenvalue weighted by atomic mass is 35.5. The van der Waals surface area contributed by atoms with Gasteiger partial charge in [-0.2, -0.15) is 0 Å². The van der Waals surface area contributed by atoms with Crippen molar-refractivity contribution >= 4 is 51.5 Å². The van der Waals surface area contributed by atoms with E-state index < -0.39 is 5.82 Å². The van der Waals surface area contributed by atoms with Crippen LogP contribution in [0.3, 0.4) is 0 Å². The van der Waals surface area contributed by atoms with Gasteiger partial charge in [-0.15, -0.1) is 0 Å². The Morgan fingerprint density at radius 2 is 2.13 bits per heavy atom. The first-order valence-electron chi connectivity index (χ1n) is 10.00. The van der Waals surface area contributed by atoms with Crippen LogP contribution in [0.4, 0.5) is 15.9 Å². The van der Waals surface area contributed by atoms with Crippen LogP contribution >= 0.6 is 23.2 Å². The van der Waals surface area contributed by atoms with Crippen LogP contribution in [0.25, 0.3) is 10.9 Å². The van der Waals surface area contributed by atoms with Gasteiger partial charge in [0.05, 0.1) is 21.2 Å². The molecule has 5 nitrogen and oxygen atoms in total. The molecule has 158 valence electrons. The molecule has 0 spiro atoms. The van der Waals surface area contributed by atoms with Gasteiger partial charge in [-0.25, -0.2) is 14.4 Å². The van der Waals surface area contributed by atoms with Gasteiger partial charge in [0.25, 0.3) is 0 Å². The van der Waals surface area contributed by atoms with E-state index in [4.69, 9.17) is 23.2 Å². The number of nitrogens with zero attached hydrogens (tertiary/aromatic N) is 3. The monoisotopic (exact) mass is 456 g/mol. The minimum Gasteiger partial charge on any atom is -0.338 e. The molecule has 1 N–H and O–H groups in total. The van der Waals surface area contributed by atoms with E-state index in [0.717, 1.165) is 35.9 Å².